The molecule has 5 heteroatoms. The van der Waals surface area contributed by atoms with Crippen LogP contribution in [0.15, 0.2) is 22.7 Å². The fourth-order valence-electron chi connectivity index (χ4n) is 3.91. The van der Waals surface area contributed by atoms with E-state index < -0.39 is 5.97 Å². The van der Waals surface area contributed by atoms with Crippen molar-refractivity contribution < 1.29 is 9.90 Å². The van der Waals surface area contributed by atoms with Crippen LogP contribution >= 0.6 is 27.5 Å². The van der Waals surface area contributed by atoms with Gasteiger partial charge in [-0.3, -0.25) is 9.69 Å². The van der Waals surface area contributed by atoms with Crippen molar-refractivity contribution in [3.8, 4) is 0 Å². The Balaban J connectivity index is 1.67. The number of halogens is 2. The monoisotopic (exact) mass is 371 g/mol. The molecule has 3 nitrogen and oxygen atoms in total. The number of fused-ring (bicyclic) bond motifs is 2. The van der Waals surface area contributed by atoms with Crippen molar-refractivity contribution in [3.63, 3.8) is 0 Å². The molecule has 2 saturated heterocycles. The highest BCUT2D eigenvalue weighted by molar-refractivity contribution is 9.10. The standard InChI is InChI=1S/C16H19BrClNO2/c17-14-4-1-10(7-15(14)18)9-19-12-2-3-13(19)6-11(5-12)8-16(20)21/h1,4,7,11-13H,2-3,5-6,8-9H2,(H,20,21). The molecular formula is C16H19BrClNO2. The largest absolute Gasteiger partial charge is 0.481 e. The smallest absolute Gasteiger partial charge is 0.303 e. The molecule has 2 unspecified atom stereocenters. The van der Waals surface area contributed by atoms with Crippen molar-refractivity contribution in [2.75, 3.05) is 0 Å². The SMILES string of the molecule is O=C(O)CC1CC2CCC(C1)N2Cc1ccc(Br)c(Cl)c1. The molecule has 1 aromatic rings. The van der Waals surface area contributed by atoms with Crippen LogP contribution in [0.3, 0.4) is 0 Å². The van der Waals surface area contributed by atoms with Gasteiger partial charge in [-0.2, -0.15) is 0 Å². The van der Waals surface area contributed by atoms with Gasteiger partial charge in [0.25, 0.3) is 0 Å². The van der Waals surface area contributed by atoms with Crippen LogP contribution in [-0.4, -0.2) is 28.1 Å². The van der Waals surface area contributed by atoms with Crippen LogP contribution in [0.4, 0.5) is 0 Å². The molecule has 0 saturated carbocycles. The fraction of sp³-hybridized carbons (Fsp3) is 0.562. The summed E-state index contributed by atoms with van der Waals surface area (Å²) in [5, 5.41) is 9.73. The maximum atomic E-state index is 10.9. The molecular weight excluding hydrogens is 354 g/mol. The maximum absolute atomic E-state index is 10.9. The predicted octanol–water partition coefficient (Wildman–Crippen LogP) is 4.32. The fourth-order valence-corrected chi connectivity index (χ4v) is 4.36. The van der Waals surface area contributed by atoms with Crippen LogP contribution in [0.5, 0.6) is 0 Å². The lowest BCUT2D eigenvalue weighted by Crippen LogP contribution is -2.42. The van der Waals surface area contributed by atoms with Crippen molar-refractivity contribution in [2.24, 2.45) is 5.92 Å². The molecule has 2 aliphatic rings. The van der Waals surface area contributed by atoms with E-state index in [0.29, 0.717) is 24.4 Å². The molecule has 2 aliphatic heterocycles. The summed E-state index contributed by atoms with van der Waals surface area (Å²) in [6.45, 7) is 0.919. The highest BCUT2D eigenvalue weighted by Crippen LogP contribution is 2.41. The van der Waals surface area contributed by atoms with E-state index in [4.69, 9.17) is 16.7 Å². The zero-order valence-corrected chi connectivity index (χ0v) is 14.1. The maximum Gasteiger partial charge on any atom is 0.303 e. The topological polar surface area (TPSA) is 40.5 Å². The predicted molar refractivity (Wildman–Crippen MR) is 86.5 cm³/mol. The highest BCUT2D eigenvalue weighted by Gasteiger charge is 2.40. The van der Waals surface area contributed by atoms with Crippen LogP contribution in [0.1, 0.15) is 37.7 Å². The minimum absolute atomic E-state index is 0.324. The van der Waals surface area contributed by atoms with Crippen LogP contribution in [0, 0.1) is 5.92 Å². The van der Waals surface area contributed by atoms with Crippen molar-refractivity contribution in [1.29, 1.82) is 0 Å². The summed E-state index contributed by atoms with van der Waals surface area (Å²) in [7, 11) is 0. The number of carboxylic acids is 1. The van der Waals surface area contributed by atoms with E-state index in [-0.39, 0.29) is 0 Å². The lowest BCUT2D eigenvalue weighted by atomic mass is 9.88. The Labute approximate surface area is 138 Å². The van der Waals surface area contributed by atoms with Crippen molar-refractivity contribution in [3.05, 3.63) is 33.3 Å². The Bertz CT molecular complexity index is 537. The number of carbonyl (C=O) groups is 1. The summed E-state index contributed by atoms with van der Waals surface area (Å²) in [6, 6.07) is 7.20. The molecule has 0 aliphatic carbocycles. The third-order valence-corrected chi connectivity index (χ3v) is 6.03. The van der Waals surface area contributed by atoms with E-state index in [1.54, 1.807) is 0 Å². The molecule has 3 rings (SSSR count). The highest BCUT2D eigenvalue weighted by atomic mass is 79.9. The first-order valence-electron chi connectivity index (χ1n) is 7.44. The van der Waals surface area contributed by atoms with Crippen LogP contribution < -0.4 is 0 Å². The number of aliphatic carboxylic acids is 1. The van der Waals surface area contributed by atoms with Crippen molar-refractivity contribution >= 4 is 33.5 Å². The second-order valence-electron chi connectivity index (χ2n) is 6.24. The Morgan fingerprint density at radius 1 is 1.33 bits per heavy atom. The number of benzene rings is 1. The van der Waals surface area contributed by atoms with Gasteiger partial charge in [-0.25, -0.2) is 0 Å². The Morgan fingerprint density at radius 2 is 2.00 bits per heavy atom. The number of hydrogen-bond donors (Lipinski definition) is 1. The Kier molecular flexibility index (Phi) is 4.57. The van der Waals surface area contributed by atoms with Crippen LogP contribution in [0.25, 0.3) is 0 Å². The van der Waals surface area contributed by atoms with Crippen molar-refractivity contribution in [1.82, 2.24) is 4.90 Å². The van der Waals surface area contributed by atoms with Gasteiger partial charge in [0, 0.05) is 29.5 Å². The number of carboxylic acid groups (broad SMARTS) is 1. The molecule has 0 amide bonds. The molecule has 2 fully saturated rings. The minimum atomic E-state index is -0.660. The summed E-state index contributed by atoms with van der Waals surface area (Å²) < 4.78 is 0.927. The third-order valence-electron chi connectivity index (χ3n) is 4.79. The van der Waals surface area contributed by atoms with Gasteiger partial charge in [0.15, 0.2) is 0 Å². The van der Waals surface area contributed by atoms with Gasteiger partial charge >= 0.3 is 5.97 Å². The molecule has 2 bridgehead atoms. The minimum Gasteiger partial charge on any atom is -0.481 e. The van der Waals surface area contributed by atoms with Gasteiger partial charge < -0.3 is 5.11 Å². The van der Waals surface area contributed by atoms with Gasteiger partial charge in [0.05, 0.1) is 5.02 Å². The molecule has 1 aromatic carbocycles. The Morgan fingerprint density at radius 3 is 2.57 bits per heavy atom. The summed E-state index contributed by atoms with van der Waals surface area (Å²) in [5.41, 5.74) is 1.23. The molecule has 1 N–H and O–H groups in total. The lowest BCUT2D eigenvalue weighted by Gasteiger charge is -2.38. The molecule has 2 atom stereocenters. The van der Waals surface area contributed by atoms with E-state index in [9.17, 15) is 4.79 Å². The van der Waals surface area contributed by atoms with Gasteiger partial charge in [-0.1, -0.05) is 17.7 Å². The molecule has 114 valence electrons. The first kappa shape index (κ1) is 15.3. The first-order chi connectivity index (χ1) is 10.0. The van der Waals surface area contributed by atoms with Crippen molar-refractivity contribution in [2.45, 2.75) is 50.7 Å². The van der Waals surface area contributed by atoms with Gasteiger partial charge in [0.1, 0.15) is 0 Å². The van der Waals surface area contributed by atoms with E-state index in [2.05, 4.69) is 26.9 Å². The average Bonchev–Trinajstić information content (AvgIpc) is 2.65. The molecule has 0 radical (unpaired) electrons. The second-order valence-corrected chi connectivity index (χ2v) is 7.50. The molecule has 21 heavy (non-hydrogen) atoms. The summed E-state index contributed by atoms with van der Waals surface area (Å²) >= 11 is 9.59. The zero-order valence-electron chi connectivity index (χ0n) is 11.8. The average molecular weight is 373 g/mol. The number of hydrogen-bond acceptors (Lipinski definition) is 2. The number of nitrogens with zero attached hydrogens (tertiary/aromatic N) is 1. The third kappa shape index (κ3) is 3.43. The van der Waals surface area contributed by atoms with Crippen LogP contribution in [-0.2, 0) is 11.3 Å². The molecule has 0 spiro atoms. The summed E-state index contributed by atoms with van der Waals surface area (Å²) in [5.74, 6) is -0.308. The second kappa shape index (κ2) is 6.27. The summed E-state index contributed by atoms with van der Waals surface area (Å²) in [4.78, 5) is 13.5. The van der Waals surface area contributed by atoms with E-state index in [0.717, 1.165) is 28.9 Å². The number of rotatable bonds is 4. The zero-order chi connectivity index (χ0) is 15.0. The summed E-state index contributed by atoms with van der Waals surface area (Å²) in [6.07, 6.45) is 4.77. The van der Waals surface area contributed by atoms with Crippen LogP contribution in [0.2, 0.25) is 5.02 Å². The Hall–Kier alpha value is -0.580. The van der Waals surface area contributed by atoms with E-state index in [1.807, 2.05) is 12.1 Å². The lowest BCUT2D eigenvalue weighted by molar-refractivity contribution is -0.138. The van der Waals surface area contributed by atoms with E-state index >= 15 is 0 Å². The first-order valence-corrected chi connectivity index (χ1v) is 8.61. The quantitative estimate of drug-likeness (QED) is 0.855. The number of piperidine rings is 1. The molecule has 0 aromatic heterocycles. The normalized spacial score (nSPS) is 28.8. The van der Waals surface area contributed by atoms with Gasteiger partial charge in [0.2, 0.25) is 0 Å². The van der Waals surface area contributed by atoms with Gasteiger partial charge in [-0.05, 0) is 65.2 Å². The van der Waals surface area contributed by atoms with E-state index in [1.165, 1.54) is 18.4 Å². The molecule has 2 heterocycles. The van der Waals surface area contributed by atoms with Gasteiger partial charge in [-0.15, -0.1) is 0 Å².